The van der Waals surface area contributed by atoms with Gasteiger partial charge in [-0.2, -0.15) is 0 Å². The van der Waals surface area contributed by atoms with Gasteiger partial charge in [-0.1, -0.05) is 18.2 Å². The molecule has 1 aromatic rings. The molecule has 0 bridgehead atoms. The molecule has 2 heterocycles. The summed E-state index contributed by atoms with van der Waals surface area (Å²) >= 11 is 0. The third-order valence-electron chi connectivity index (χ3n) is 4.77. The molecule has 138 valence electrons. The Hall–Kier alpha value is -1.59. The number of hydrogen-bond acceptors (Lipinski definition) is 3. The Kier molecular flexibility index (Phi) is 7.58. The number of nitrogens with zero attached hydrogens (tertiary/aromatic N) is 2. The van der Waals surface area contributed by atoms with Crippen LogP contribution in [-0.4, -0.2) is 56.4 Å². The quantitative estimate of drug-likeness (QED) is 0.487. The Morgan fingerprint density at radius 3 is 2.64 bits per heavy atom. The van der Waals surface area contributed by atoms with Gasteiger partial charge in [0.25, 0.3) is 0 Å². The molecule has 5 heteroatoms. The predicted molar refractivity (Wildman–Crippen MR) is 102 cm³/mol. The maximum absolute atomic E-state index is 5.95. The van der Waals surface area contributed by atoms with Crippen molar-refractivity contribution in [3.05, 3.63) is 30.3 Å². The number of ether oxygens (including phenoxy) is 2. The largest absolute Gasteiger partial charge is 0.381 e. The standard InChI is InChI=1S/C20H31N3O2/c1-3-8-18(9-4-1)22-20(23-13-5-2-6-14-23)21-12-7-15-25-19-10-16-24-17-11-19/h1,3-4,8-9,19H,2,5-7,10-17H2,(H,21,22). The molecule has 0 amide bonds. The van der Waals surface area contributed by atoms with Gasteiger partial charge in [0.2, 0.25) is 0 Å². The predicted octanol–water partition coefficient (Wildman–Crippen LogP) is 3.53. The summed E-state index contributed by atoms with van der Waals surface area (Å²) in [7, 11) is 0. The summed E-state index contributed by atoms with van der Waals surface area (Å²) in [6.45, 7) is 5.45. The Morgan fingerprint density at radius 2 is 1.88 bits per heavy atom. The van der Waals surface area contributed by atoms with Crippen LogP contribution >= 0.6 is 0 Å². The zero-order valence-corrected chi connectivity index (χ0v) is 15.2. The second kappa shape index (κ2) is 10.4. The van der Waals surface area contributed by atoms with Crippen LogP contribution < -0.4 is 5.32 Å². The van der Waals surface area contributed by atoms with Crippen LogP contribution in [0.2, 0.25) is 0 Å². The zero-order chi connectivity index (χ0) is 17.2. The van der Waals surface area contributed by atoms with Crippen molar-refractivity contribution in [2.24, 2.45) is 4.99 Å². The summed E-state index contributed by atoms with van der Waals surface area (Å²) in [6.07, 6.45) is 7.22. The minimum absolute atomic E-state index is 0.377. The number of benzene rings is 1. The van der Waals surface area contributed by atoms with Crippen molar-refractivity contribution in [1.82, 2.24) is 4.90 Å². The molecule has 0 aromatic heterocycles. The number of rotatable bonds is 6. The van der Waals surface area contributed by atoms with E-state index in [1.807, 2.05) is 6.07 Å². The van der Waals surface area contributed by atoms with Crippen molar-refractivity contribution >= 4 is 11.6 Å². The summed E-state index contributed by atoms with van der Waals surface area (Å²) in [5.74, 6) is 1.01. The number of guanidine groups is 1. The minimum atomic E-state index is 0.377. The topological polar surface area (TPSA) is 46.1 Å². The molecule has 1 aromatic carbocycles. The zero-order valence-electron chi connectivity index (χ0n) is 15.2. The van der Waals surface area contributed by atoms with E-state index in [4.69, 9.17) is 14.5 Å². The Bertz CT molecular complexity index is 509. The fourth-order valence-corrected chi connectivity index (χ4v) is 3.32. The maximum atomic E-state index is 5.95. The van der Waals surface area contributed by atoms with E-state index in [9.17, 15) is 0 Å². The molecule has 3 rings (SSSR count). The van der Waals surface area contributed by atoms with E-state index >= 15 is 0 Å². The highest BCUT2D eigenvalue weighted by atomic mass is 16.5. The third kappa shape index (κ3) is 6.33. The van der Waals surface area contributed by atoms with E-state index < -0.39 is 0 Å². The van der Waals surface area contributed by atoms with Gasteiger partial charge in [-0.25, -0.2) is 0 Å². The first-order valence-corrected chi connectivity index (χ1v) is 9.72. The van der Waals surface area contributed by atoms with Gasteiger partial charge in [0.1, 0.15) is 0 Å². The third-order valence-corrected chi connectivity index (χ3v) is 4.77. The second-order valence-corrected chi connectivity index (χ2v) is 6.78. The number of anilines is 1. The first-order valence-electron chi connectivity index (χ1n) is 9.72. The van der Waals surface area contributed by atoms with E-state index in [1.165, 1.54) is 19.3 Å². The van der Waals surface area contributed by atoms with Gasteiger partial charge in [0.15, 0.2) is 5.96 Å². The number of para-hydroxylation sites is 1. The van der Waals surface area contributed by atoms with E-state index in [1.54, 1.807) is 0 Å². The van der Waals surface area contributed by atoms with Crippen LogP contribution in [0.5, 0.6) is 0 Å². The van der Waals surface area contributed by atoms with Gasteiger partial charge < -0.3 is 19.7 Å². The van der Waals surface area contributed by atoms with Crippen molar-refractivity contribution < 1.29 is 9.47 Å². The number of piperidine rings is 1. The maximum Gasteiger partial charge on any atom is 0.198 e. The van der Waals surface area contributed by atoms with Crippen LogP contribution in [-0.2, 0) is 9.47 Å². The molecule has 0 saturated carbocycles. The molecule has 25 heavy (non-hydrogen) atoms. The Labute approximate surface area is 151 Å². The fraction of sp³-hybridized carbons (Fsp3) is 0.650. The van der Waals surface area contributed by atoms with E-state index in [-0.39, 0.29) is 0 Å². The first kappa shape index (κ1) is 18.2. The second-order valence-electron chi connectivity index (χ2n) is 6.78. The van der Waals surface area contributed by atoms with Crippen LogP contribution in [0.4, 0.5) is 5.69 Å². The average molecular weight is 345 g/mol. The highest BCUT2D eigenvalue weighted by Crippen LogP contribution is 2.13. The molecular formula is C20H31N3O2. The number of likely N-dealkylation sites (tertiary alicyclic amines) is 1. The number of hydrogen-bond donors (Lipinski definition) is 1. The molecule has 2 aliphatic rings. The van der Waals surface area contributed by atoms with Gasteiger partial charge in [0, 0.05) is 45.1 Å². The molecule has 0 aliphatic carbocycles. The molecule has 0 unspecified atom stereocenters. The summed E-state index contributed by atoms with van der Waals surface area (Å²) in [5.41, 5.74) is 1.10. The van der Waals surface area contributed by atoms with Crippen LogP contribution in [0.15, 0.2) is 35.3 Å². The smallest absolute Gasteiger partial charge is 0.198 e. The highest BCUT2D eigenvalue weighted by molar-refractivity contribution is 5.93. The first-order chi connectivity index (χ1) is 12.4. The average Bonchev–Trinajstić information content (AvgIpc) is 2.69. The van der Waals surface area contributed by atoms with Gasteiger partial charge in [0.05, 0.1) is 6.10 Å². The van der Waals surface area contributed by atoms with Crippen LogP contribution in [0, 0.1) is 0 Å². The van der Waals surface area contributed by atoms with Crippen molar-refractivity contribution in [1.29, 1.82) is 0 Å². The van der Waals surface area contributed by atoms with Gasteiger partial charge in [-0.05, 0) is 50.7 Å². The van der Waals surface area contributed by atoms with Crippen molar-refractivity contribution in [2.45, 2.75) is 44.6 Å². The minimum Gasteiger partial charge on any atom is -0.381 e. The molecule has 0 atom stereocenters. The molecule has 2 fully saturated rings. The lowest BCUT2D eigenvalue weighted by Gasteiger charge is -2.30. The molecule has 2 aliphatic heterocycles. The number of nitrogens with one attached hydrogen (secondary N) is 1. The van der Waals surface area contributed by atoms with Crippen LogP contribution in [0.25, 0.3) is 0 Å². The highest BCUT2D eigenvalue weighted by Gasteiger charge is 2.15. The molecule has 0 radical (unpaired) electrons. The Morgan fingerprint density at radius 1 is 1.12 bits per heavy atom. The summed E-state index contributed by atoms with van der Waals surface area (Å²) in [6, 6.07) is 10.3. The lowest BCUT2D eigenvalue weighted by molar-refractivity contribution is -0.0318. The molecule has 5 nitrogen and oxygen atoms in total. The summed E-state index contributed by atoms with van der Waals surface area (Å²) in [4.78, 5) is 7.24. The SMILES string of the molecule is c1ccc(NC(=NCCCOC2CCOCC2)N2CCCCC2)cc1. The summed E-state index contributed by atoms with van der Waals surface area (Å²) in [5, 5.41) is 3.51. The van der Waals surface area contributed by atoms with Crippen LogP contribution in [0.3, 0.4) is 0 Å². The normalized spacial score (nSPS) is 19.8. The molecular weight excluding hydrogens is 314 g/mol. The fourth-order valence-electron chi connectivity index (χ4n) is 3.32. The lowest BCUT2D eigenvalue weighted by Crippen LogP contribution is -2.40. The van der Waals surface area contributed by atoms with Crippen molar-refractivity contribution in [2.75, 3.05) is 44.8 Å². The van der Waals surface area contributed by atoms with Gasteiger partial charge in [-0.3, -0.25) is 4.99 Å². The Balaban J connectivity index is 1.48. The summed E-state index contributed by atoms with van der Waals surface area (Å²) < 4.78 is 11.3. The van der Waals surface area contributed by atoms with E-state index in [0.29, 0.717) is 6.10 Å². The molecule has 0 spiro atoms. The number of aliphatic imine (C=N–C) groups is 1. The van der Waals surface area contributed by atoms with Crippen molar-refractivity contribution in [3.63, 3.8) is 0 Å². The van der Waals surface area contributed by atoms with Crippen molar-refractivity contribution in [3.8, 4) is 0 Å². The van der Waals surface area contributed by atoms with E-state index in [0.717, 1.165) is 70.4 Å². The van der Waals surface area contributed by atoms with Crippen LogP contribution in [0.1, 0.15) is 38.5 Å². The van der Waals surface area contributed by atoms with E-state index in [2.05, 4.69) is 34.5 Å². The van der Waals surface area contributed by atoms with Gasteiger partial charge in [-0.15, -0.1) is 0 Å². The molecule has 2 saturated heterocycles. The monoisotopic (exact) mass is 345 g/mol. The lowest BCUT2D eigenvalue weighted by atomic mass is 10.1. The van der Waals surface area contributed by atoms with Gasteiger partial charge >= 0.3 is 0 Å². The molecule has 1 N–H and O–H groups in total.